The number of nitrogens with zero attached hydrogens (tertiary/aromatic N) is 1. The molecule has 0 heterocycles. The summed E-state index contributed by atoms with van der Waals surface area (Å²) in [5.74, 6) is 4.71. The number of aliphatic hydroxyl groups excluding tert-OH is 1. The number of carbonyl (C=O) groups is 2. The van der Waals surface area contributed by atoms with Crippen LogP contribution >= 0.6 is 0 Å². The van der Waals surface area contributed by atoms with Crippen LogP contribution in [-0.2, 0) is 11.3 Å². The van der Waals surface area contributed by atoms with Crippen molar-refractivity contribution in [3.63, 3.8) is 0 Å². The van der Waals surface area contributed by atoms with Crippen molar-refractivity contribution < 1.29 is 19.9 Å². The number of hydroxylamine groups is 1. The number of rotatable bonds is 7. The van der Waals surface area contributed by atoms with E-state index in [9.17, 15) is 14.7 Å². The van der Waals surface area contributed by atoms with Crippen LogP contribution in [0.1, 0.15) is 40.9 Å². The number of benzene rings is 2. The molecule has 0 fully saturated rings. The molecule has 2 amide bonds. The Kier molecular flexibility index (Phi) is 8.56. The van der Waals surface area contributed by atoms with Crippen molar-refractivity contribution >= 4 is 11.8 Å². The molecule has 158 valence electrons. The van der Waals surface area contributed by atoms with Gasteiger partial charge in [-0.2, -0.15) is 0 Å². The number of amides is 2. The lowest BCUT2D eigenvalue weighted by Crippen LogP contribution is -2.51. The fourth-order valence-corrected chi connectivity index (χ4v) is 2.67. The van der Waals surface area contributed by atoms with E-state index in [-0.39, 0.29) is 0 Å². The van der Waals surface area contributed by atoms with E-state index < -0.39 is 24.0 Å². The zero-order chi connectivity index (χ0) is 22.1. The van der Waals surface area contributed by atoms with E-state index in [4.69, 9.17) is 5.21 Å². The van der Waals surface area contributed by atoms with Crippen LogP contribution in [0.25, 0.3) is 0 Å². The molecule has 2 aromatic rings. The molecule has 0 saturated heterocycles. The van der Waals surface area contributed by atoms with Gasteiger partial charge in [0.2, 0.25) is 0 Å². The second-order valence-corrected chi connectivity index (χ2v) is 7.02. The third kappa shape index (κ3) is 6.71. The molecular formula is C23H27N3O4. The maximum Gasteiger partial charge on any atom is 0.268 e. The van der Waals surface area contributed by atoms with Crippen molar-refractivity contribution in [2.75, 3.05) is 13.6 Å². The number of hydrogen-bond acceptors (Lipinski definition) is 5. The minimum absolute atomic E-state index is 0.307. The average molecular weight is 409 g/mol. The van der Waals surface area contributed by atoms with Gasteiger partial charge in [0.1, 0.15) is 6.04 Å². The lowest BCUT2D eigenvalue weighted by molar-refractivity contribution is -0.133. The van der Waals surface area contributed by atoms with Crippen molar-refractivity contribution in [2.24, 2.45) is 0 Å². The van der Waals surface area contributed by atoms with Crippen LogP contribution in [-0.4, -0.2) is 52.8 Å². The zero-order valence-corrected chi connectivity index (χ0v) is 17.3. The summed E-state index contributed by atoms with van der Waals surface area (Å²) in [5, 5.41) is 20.7. The molecule has 0 radical (unpaired) electrons. The Morgan fingerprint density at radius 3 is 2.03 bits per heavy atom. The first-order valence-corrected chi connectivity index (χ1v) is 9.66. The summed E-state index contributed by atoms with van der Waals surface area (Å²) in [5.41, 5.74) is 4.60. The molecule has 0 aliphatic heterocycles. The van der Waals surface area contributed by atoms with Crippen LogP contribution in [0.4, 0.5) is 0 Å². The van der Waals surface area contributed by atoms with Crippen molar-refractivity contribution in [3.8, 4) is 11.8 Å². The maximum absolute atomic E-state index is 12.3. The summed E-state index contributed by atoms with van der Waals surface area (Å²) in [7, 11) is 2.07. The Morgan fingerprint density at radius 1 is 1.03 bits per heavy atom. The highest BCUT2D eigenvalue weighted by Gasteiger charge is 2.25. The number of carbonyl (C=O) groups excluding carboxylic acids is 2. The standard InChI is InChI=1S/C23H27N3O4/c1-4-26(3)15-19-9-7-17(8-10-19)5-6-18-11-13-20(14-12-18)22(28)24-21(16(2)27)23(29)25-30/h7-14,16,21,27,30H,4,15H2,1-3H3,(H,24,28)(H,25,29). The second-order valence-electron chi connectivity index (χ2n) is 7.02. The normalized spacial score (nSPS) is 12.5. The Labute approximate surface area is 176 Å². The molecule has 0 aliphatic rings. The summed E-state index contributed by atoms with van der Waals surface area (Å²) in [6, 6.07) is 13.4. The van der Waals surface area contributed by atoms with Crippen LogP contribution in [0.15, 0.2) is 48.5 Å². The molecule has 2 aromatic carbocycles. The highest BCUT2D eigenvalue weighted by molar-refractivity contribution is 5.97. The van der Waals surface area contributed by atoms with Gasteiger partial charge in [0.15, 0.2) is 0 Å². The van der Waals surface area contributed by atoms with Crippen molar-refractivity contribution in [2.45, 2.75) is 32.5 Å². The van der Waals surface area contributed by atoms with Gasteiger partial charge in [-0.05, 0) is 62.5 Å². The lowest BCUT2D eigenvalue weighted by Gasteiger charge is -2.19. The van der Waals surface area contributed by atoms with Crippen LogP contribution in [0.5, 0.6) is 0 Å². The molecular weight excluding hydrogens is 382 g/mol. The summed E-state index contributed by atoms with van der Waals surface area (Å²) >= 11 is 0. The fourth-order valence-electron chi connectivity index (χ4n) is 2.67. The van der Waals surface area contributed by atoms with Crippen LogP contribution in [0.3, 0.4) is 0 Å². The number of nitrogens with one attached hydrogen (secondary N) is 2. The smallest absolute Gasteiger partial charge is 0.268 e. The van der Waals surface area contributed by atoms with Crippen LogP contribution in [0, 0.1) is 11.8 Å². The SMILES string of the molecule is CCN(C)Cc1ccc(C#Cc2ccc(C(=O)NC(C(=O)NO)C(C)O)cc2)cc1. The molecule has 2 rings (SSSR count). The van der Waals surface area contributed by atoms with Gasteiger partial charge in [0.25, 0.3) is 11.8 Å². The molecule has 0 aliphatic carbocycles. The van der Waals surface area contributed by atoms with E-state index in [1.165, 1.54) is 18.0 Å². The van der Waals surface area contributed by atoms with Crippen LogP contribution < -0.4 is 10.8 Å². The van der Waals surface area contributed by atoms with Gasteiger partial charge < -0.3 is 15.3 Å². The van der Waals surface area contributed by atoms with Gasteiger partial charge >= 0.3 is 0 Å². The van der Waals surface area contributed by atoms with Crippen molar-refractivity contribution in [1.82, 2.24) is 15.7 Å². The van der Waals surface area contributed by atoms with Gasteiger partial charge in [0.05, 0.1) is 6.10 Å². The lowest BCUT2D eigenvalue weighted by atomic mass is 10.1. The highest BCUT2D eigenvalue weighted by Crippen LogP contribution is 2.08. The third-order valence-corrected chi connectivity index (χ3v) is 4.61. The Balaban J connectivity index is 2.03. The summed E-state index contributed by atoms with van der Waals surface area (Å²) in [6.07, 6.45) is -1.17. The third-order valence-electron chi connectivity index (χ3n) is 4.61. The van der Waals surface area contributed by atoms with Crippen LogP contribution in [0.2, 0.25) is 0 Å². The summed E-state index contributed by atoms with van der Waals surface area (Å²) < 4.78 is 0. The van der Waals surface area contributed by atoms with Gasteiger partial charge in [-0.1, -0.05) is 30.9 Å². The second kappa shape index (κ2) is 11.1. The topological polar surface area (TPSA) is 102 Å². The molecule has 7 nitrogen and oxygen atoms in total. The zero-order valence-electron chi connectivity index (χ0n) is 17.3. The van der Waals surface area contributed by atoms with Gasteiger partial charge in [0, 0.05) is 23.2 Å². The predicted octanol–water partition coefficient (Wildman–Crippen LogP) is 1.52. The Bertz CT molecular complexity index is 912. The predicted molar refractivity (Wildman–Crippen MR) is 114 cm³/mol. The van der Waals surface area contributed by atoms with E-state index in [0.717, 1.165) is 24.2 Å². The largest absolute Gasteiger partial charge is 0.391 e. The minimum atomic E-state index is -1.26. The Hall–Kier alpha value is -3.18. The van der Waals surface area contributed by atoms with E-state index in [0.29, 0.717) is 5.56 Å². The monoisotopic (exact) mass is 409 g/mol. The fraction of sp³-hybridized carbons (Fsp3) is 0.304. The van der Waals surface area contributed by atoms with E-state index in [1.807, 2.05) is 12.1 Å². The average Bonchev–Trinajstić information content (AvgIpc) is 2.76. The first-order chi connectivity index (χ1) is 14.3. The molecule has 2 unspecified atom stereocenters. The number of hydrogen-bond donors (Lipinski definition) is 4. The first kappa shape index (κ1) is 23.1. The van der Waals surface area contributed by atoms with E-state index in [2.05, 4.69) is 48.2 Å². The minimum Gasteiger partial charge on any atom is -0.391 e. The summed E-state index contributed by atoms with van der Waals surface area (Å²) in [6.45, 7) is 5.34. The maximum atomic E-state index is 12.3. The molecule has 0 spiro atoms. The first-order valence-electron chi connectivity index (χ1n) is 9.66. The quantitative estimate of drug-likeness (QED) is 0.316. The summed E-state index contributed by atoms with van der Waals surface area (Å²) in [4.78, 5) is 26.0. The van der Waals surface area contributed by atoms with Gasteiger partial charge in [-0.25, -0.2) is 5.48 Å². The van der Waals surface area contributed by atoms with Gasteiger partial charge in [-0.3, -0.25) is 14.8 Å². The Morgan fingerprint density at radius 2 is 1.57 bits per heavy atom. The molecule has 0 aromatic heterocycles. The molecule has 0 bridgehead atoms. The van der Waals surface area contributed by atoms with E-state index in [1.54, 1.807) is 24.3 Å². The van der Waals surface area contributed by atoms with E-state index >= 15 is 0 Å². The number of aliphatic hydroxyl groups is 1. The van der Waals surface area contributed by atoms with Crippen molar-refractivity contribution in [3.05, 3.63) is 70.8 Å². The molecule has 4 N–H and O–H groups in total. The van der Waals surface area contributed by atoms with Crippen molar-refractivity contribution in [1.29, 1.82) is 0 Å². The highest BCUT2D eigenvalue weighted by atomic mass is 16.5. The van der Waals surface area contributed by atoms with Gasteiger partial charge in [-0.15, -0.1) is 0 Å². The molecule has 0 saturated carbocycles. The molecule has 7 heteroatoms. The molecule has 30 heavy (non-hydrogen) atoms. The molecule has 2 atom stereocenters.